The normalized spacial score (nSPS) is 10.8. The van der Waals surface area contributed by atoms with Crippen LogP contribution in [0.25, 0.3) is 5.57 Å². The summed E-state index contributed by atoms with van der Waals surface area (Å²) in [5.41, 5.74) is 6.04. The van der Waals surface area contributed by atoms with Gasteiger partial charge >= 0.3 is 0 Å². The van der Waals surface area contributed by atoms with E-state index in [0.717, 1.165) is 5.57 Å². The molecule has 0 atom stereocenters. The van der Waals surface area contributed by atoms with Gasteiger partial charge in [0.25, 0.3) is 0 Å². The Balaban J connectivity index is 0.00000106. The molecule has 0 radical (unpaired) electrons. The monoisotopic (exact) mass is 220 g/mol. The number of aldehydes is 1. The van der Waals surface area contributed by atoms with Crippen molar-refractivity contribution in [3.05, 3.63) is 48.4 Å². The van der Waals surface area contributed by atoms with Crippen LogP contribution in [0.15, 0.2) is 41.5 Å². The van der Waals surface area contributed by atoms with Crippen molar-refractivity contribution in [2.24, 2.45) is 5.73 Å². The summed E-state index contributed by atoms with van der Waals surface area (Å²) in [4.78, 5) is 10.4. The van der Waals surface area contributed by atoms with Crippen LogP contribution in [-0.4, -0.2) is 18.5 Å². The molecule has 0 aliphatic heterocycles. The van der Waals surface area contributed by atoms with Crippen LogP contribution >= 0.6 is 0 Å². The van der Waals surface area contributed by atoms with Crippen LogP contribution in [0.3, 0.4) is 0 Å². The number of allylic oxidation sites excluding steroid dienone is 5. The van der Waals surface area contributed by atoms with Crippen molar-refractivity contribution < 1.29 is 9.32 Å². The third-order valence-corrected chi connectivity index (χ3v) is 1.66. The zero-order valence-electron chi connectivity index (χ0n) is 9.51. The number of aromatic nitrogens is 1. The minimum Gasteiger partial charge on any atom is -0.353 e. The Kier molecular flexibility index (Phi) is 7.36. The van der Waals surface area contributed by atoms with Crippen LogP contribution in [0.2, 0.25) is 0 Å². The van der Waals surface area contributed by atoms with Crippen LogP contribution < -0.4 is 5.73 Å². The Morgan fingerprint density at radius 2 is 2.25 bits per heavy atom. The lowest BCUT2D eigenvalue weighted by Crippen LogP contribution is -1.78. The molecule has 86 valence electrons. The second kappa shape index (κ2) is 8.38. The van der Waals surface area contributed by atoms with Crippen LogP contribution in [-0.2, 0) is 0 Å². The molecule has 0 spiro atoms. The van der Waals surface area contributed by atoms with Gasteiger partial charge in [-0.25, -0.2) is 0 Å². The molecule has 0 fully saturated rings. The molecule has 0 aliphatic carbocycles. The number of nitrogens with zero attached hydrogens (tertiary/aromatic N) is 1. The molecule has 0 saturated carbocycles. The van der Waals surface area contributed by atoms with E-state index in [4.69, 9.17) is 4.52 Å². The molecule has 0 bridgehead atoms. The summed E-state index contributed by atoms with van der Waals surface area (Å²) < 4.78 is 4.76. The van der Waals surface area contributed by atoms with Gasteiger partial charge in [-0.1, -0.05) is 36.0 Å². The van der Waals surface area contributed by atoms with Gasteiger partial charge in [0.05, 0.1) is 0 Å². The SMILES string of the molecule is C=C/C=C\C(=C/C)c1cc(C=O)on1.CN. The number of carbonyl (C=O) groups excluding carboxylic acids is 1. The molecular weight excluding hydrogens is 204 g/mol. The van der Waals surface area contributed by atoms with Crippen molar-refractivity contribution in [2.75, 3.05) is 7.05 Å². The van der Waals surface area contributed by atoms with Gasteiger partial charge in [0.15, 0.2) is 12.0 Å². The molecule has 4 heteroatoms. The molecule has 1 heterocycles. The maximum atomic E-state index is 10.4. The van der Waals surface area contributed by atoms with Gasteiger partial charge < -0.3 is 10.3 Å². The maximum Gasteiger partial charge on any atom is 0.199 e. The van der Waals surface area contributed by atoms with Crippen molar-refractivity contribution in [1.82, 2.24) is 5.16 Å². The fourth-order valence-corrected chi connectivity index (χ4v) is 0.982. The van der Waals surface area contributed by atoms with Crippen LogP contribution in [0.1, 0.15) is 23.2 Å². The molecule has 0 amide bonds. The zero-order chi connectivity index (χ0) is 12.4. The van der Waals surface area contributed by atoms with Gasteiger partial charge in [-0.05, 0) is 19.5 Å². The molecule has 0 aliphatic rings. The van der Waals surface area contributed by atoms with E-state index in [1.165, 1.54) is 7.05 Å². The minimum absolute atomic E-state index is 0.228. The highest BCUT2D eigenvalue weighted by molar-refractivity contribution is 5.76. The molecule has 0 aromatic carbocycles. The average Bonchev–Trinajstić information content (AvgIpc) is 2.81. The number of nitrogens with two attached hydrogens (primary N) is 1. The number of hydrogen-bond donors (Lipinski definition) is 1. The Morgan fingerprint density at radius 3 is 2.69 bits per heavy atom. The molecule has 1 rings (SSSR count). The third-order valence-electron chi connectivity index (χ3n) is 1.66. The predicted molar refractivity (Wildman–Crippen MR) is 65.0 cm³/mol. The van der Waals surface area contributed by atoms with E-state index in [-0.39, 0.29) is 5.76 Å². The Labute approximate surface area is 95.1 Å². The molecule has 1 aromatic rings. The van der Waals surface area contributed by atoms with E-state index in [1.807, 2.05) is 19.1 Å². The summed E-state index contributed by atoms with van der Waals surface area (Å²) in [6, 6.07) is 1.59. The molecule has 1 aromatic heterocycles. The van der Waals surface area contributed by atoms with Gasteiger partial charge in [0.1, 0.15) is 5.69 Å². The Bertz CT molecular complexity index is 389. The summed E-state index contributed by atoms with van der Waals surface area (Å²) in [5.74, 6) is 0.228. The summed E-state index contributed by atoms with van der Waals surface area (Å²) in [5, 5.41) is 3.75. The lowest BCUT2D eigenvalue weighted by atomic mass is 10.1. The van der Waals surface area contributed by atoms with Crippen molar-refractivity contribution >= 4 is 11.9 Å². The smallest absolute Gasteiger partial charge is 0.199 e. The Morgan fingerprint density at radius 1 is 1.56 bits per heavy atom. The third kappa shape index (κ3) is 4.06. The number of carbonyl (C=O) groups is 1. The predicted octanol–water partition coefficient (Wildman–Crippen LogP) is 2.21. The maximum absolute atomic E-state index is 10.4. The lowest BCUT2D eigenvalue weighted by molar-refractivity contribution is 0.109. The molecular formula is C12H16N2O2. The first kappa shape index (κ1) is 14.1. The minimum atomic E-state index is 0.228. The van der Waals surface area contributed by atoms with Crippen molar-refractivity contribution in [1.29, 1.82) is 0 Å². The Hall–Kier alpha value is -1.94. The molecule has 16 heavy (non-hydrogen) atoms. The first-order valence-corrected chi connectivity index (χ1v) is 4.77. The molecule has 0 saturated heterocycles. The van der Waals surface area contributed by atoms with E-state index < -0.39 is 0 Å². The van der Waals surface area contributed by atoms with Crippen molar-refractivity contribution in [3.63, 3.8) is 0 Å². The fourth-order valence-electron chi connectivity index (χ4n) is 0.982. The number of hydrogen-bond acceptors (Lipinski definition) is 4. The fraction of sp³-hybridized carbons (Fsp3) is 0.167. The van der Waals surface area contributed by atoms with E-state index in [1.54, 1.807) is 18.2 Å². The van der Waals surface area contributed by atoms with Gasteiger partial charge in [-0.15, -0.1) is 0 Å². The molecule has 0 unspecified atom stereocenters. The topological polar surface area (TPSA) is 69.1 Å². The summed E-state index contributed by atoms with van der Waals surface area (Å²) >= 11 is 0. The largest absolute Gasteiger partial charge is 0.353 e. The van der Waals surface area contributed by atoms with Gasteiger partial charge in [-0.2, -0.15) is 0 Å². The van der Waals surface area contributed by atoms with Crippen LogP contribution in [0.4, 0.5) is 0 Å². The van der Waals surface area contributed by atoms with Gasteiger partial charge in [0.2, 0.25) is 0 Å². The van der Waals surface area contributed by atoms with Crippen molar-refractivity contribution in [3.8, 4) is 0 Å². The molecule has 4 nitrogen and oxygen atoms in total. The van der Waals surface area contributed by atoms with E-state index in [0.29, 0.717) is 12.0 Å². The summed E-state index contributed by atoms with van der Waals surface area (Å²) in [6.45, 7) is 5.45. The first-order chi connectivity index (χ1) is 7.81. The first-order valence-electron chi connectivity index (χ1n) is 4.77. The highest BCUT2D eigenvalue weighted by atomic mass is 16.5. The summed E-state index contributed by atoms with van der Waals surface area (Å²) in [6.07, 6.45) is 7.82. The van der Waals surface area contributed by atoms with E-state index in [9.17, 15) is 4.79 Å². The van der Waals surface area contributed by atoms with Crippen LogP contribution in [0, 0.1) is 0 Å². The van der Waals surface area contributed by atoms with E-state index >= 15 is 0 Å². The second-order valence-corrected chi connectivity index (χ2v) is 2.57. The van der Waals surface area contributed by atoms with Gasteiger partial charge in [0, 0.05) is 6.07 Å². The second-order valence-electron chi connectivity index (χ2n) is 2.57. The van der Waals surface area contributed by atoms with E-state index in [2.05, 4.69) is 17.5 Å². The zero-order valence-corrected chi connectivity index (χ0v) is 9.51. The number of rotatable bonds is 4. The quantitative estimate of drug-likeness (QED) is 0.624. The molecule has 2 N–H and O–H groups in total. The van der Waals surface area contributed by atoms with Gasteiger partial charge in [-0.3, -0.25) is 4.79 Å². The standard InChI is InChI=1S/C11H11NO2.CH5N/c1-3-5-6-9(4-2)11-7-10(8-13)14-12-11;1-2/h3-8H,1H2,2H3;2H2,1H3/b6-5-,9-4+;. The van der Waals surface area contributed by atoms with Crippen LogP contribution in [0.5, 0.6) is 0 Å². The van der Waals surface area contributed by atoms with Crippen molar-refractivity contribution in [2.45, 2.75) is 6.92 Å². The lowest BCUT2D eigenvalue weighted by Gasteiger charge is -1.91. The average molecular weight is 220 g/mol. The highest BCUT2D eigenvalue weighted by Gasteiger charge is 2.04. The summed E-state index contributed by atoms with van der Waals surface area (Å²) in [7, 11) is 1.50. The highest BCUT2D eigenvalue weighted by Crippen LogP contribution is 2.14.